The Labute approximate surface area is 102 Å². The van der Waals surface area contributed by atoms with Gasteiger partial charge in [0.05, 0.1) is 6.54 Å². The zero-order valence-electron chi connectivity index (χ0n) is 10.6. The van der Waals surface area contributed by atoms with Crippen LogP contribution in [0.4, 0.5) is 0 Å². The molecular weight excluding hydrogens is 218 g/mol. The van der Waals surface area contributed by atoms with Gasteiger partial charge in [0.2, 0.25) is 11.8 Å². The zero-order valence-corrected chi connectivity index (χ0v) is 10.6. The van der Waals surface area contributed by atoms with Crippen molar-refractivity contribution in [1.29, 1.82) is 0 Å². The molecule has 5 nitrogen and oxygen atoms in total. The molecule has 2 atom stereocenters. The summed E-state index contributed by atoms with van der Waals surface area (Å²) in [7, 11) is 0. The molecule has 17 heavy (non-hydrogen) atoms. The number of piperazine rings is 1. The molecule has 0 bridgehead atoms. The molecular formula is C12H21N3O2. The van der Waals surface area contributed by atoms with Crippen molar-refractivity contribution in [2.75, 3.05) is 26.2 Å². The van der Waals surface area contributed by atoms with Crippen LogP contribution in [0, 0.1) is 0 Å². The van der Waals surface area contributed by atoms with Crippen LogP contribution in [0.15, 0.2) is 0 Å². The van der Waals surface area contributed by atoms with Gasteiger partial charge >= 0.3 is 0 Å². The molecule has 0 saturated carbocycles. The minimum absolute atomic E-state index is 0.0844. The molecule has 0 spiro atoms. The Balaban J connectivity index is 1.92. The summed E-state index contributed by atoms with van der Waals surface area (Å²) >= 11 is 0. The van der Waals surface area contributed by atoms with E-state index in [2.05, 4.69) is 19.2 Å². The molecule has 5 heteroatoms. The van der Waals surface area contributed by atoms with Crippen LogP contribution in [-0.4, -0.2) is 59.9 Å². The Morgan fingerprint density at radius 1 is 1.41 bits per heavy atom. The average Bonchev–Trinajstić information content (AvgIpc) is 2.68. The Hall–Kier alpha value is -1.10. The SMILES string of the molecule is CC1NCCN(C(=O)CN2CCCC2=O)C1C. The topological polar surface area (TPSA) is 52.7 Å². The Morgan fingerprint density at radius 2 is 2.18 bits per heavy atom. The van der Waals surface area contributed by atoms with Gasteiger partial charge in [0.15, 0.2) is 0 Å². The fourth-order valence-electron chi connectivity index (χ4n) is 2.53. The number of nitrogens with zero attached hydrogens (tertiary/aromatic N) is 2. The number of hydrogen-bond acceptors (Lipinski definition) is 3. The second kappa shape index (κ2) is 5.04. The Kier molecular flexibility index (Phi) is 3.66. The summed E-state index contributed by atoms with van der Waals surface area (Å²) in [5.41, 5.74) is 0. The molecule has 2 saturated heterocycles. The van der Waals surface area contributed by atoms with E-state index in [1.807, 2.05) is 4.90 Å². The van der Waals surface area contributed by atoms with Crippen LogP contribution in [-0.2, 0) is 9.59 Å². The van der Waals surface area contributed by atoms with Gasteiger partial charge in [-0.3, -0.25) is 9.59 Å². The lowest BCUT2D eigenvalue weighted by molar-refractivity contribution is -0.140. The standard InChI is InChI=1S/C12H21N3O2/c1-9-10(2)15(7-5-13-9)12(17)8-14-6-3-4-11(14)16/h9-10,13H,3-8H2,1-2H3. The minimum atomic E-state index is 0.0844. The third-order valence-electron chi connectivity index (χ3n) is 3.85. The molecule has 96 valence electrons. The monoisotopic (exact) mass is 239 g/mol. The van der Waals surface area contributed by atoms with Crippen molar-refractivity contribution in [1.82, 2.24) is 15.1 Å². The molecule has 0 aromatic rings. The highest BCUT2D eigenvalue weighted by Crippen LogP contribution is 2.13. The summed E-state index contributed by atoms with van der Waals surface area (Å²) in [5.74, 6) is 0.204. The number of nitrogens with one attached hydrogen (secondary N) is 1. The second-order valence-corrected chi connectivity index (χ2v) is 4.99. The molecule has 2 unspecified atom stereocenters. The van der Waals surface area contributed by atoms with Gasteiger partial charge in [0.25, 0.3) is 0 Å². The molecule has 0 aromatic heterocycles. The predicted octanol–water partition coefficient (Wildman–Crippen LogP) is -0.182. The van der Waals surface area contributed by atoms with Crippen molar-refractivity contribution in [3.05, 3.63) is 0 Å². The minimum Gasteiger partial charge on any atom is -0.336 e. The highest BCUT2D eigenvalue weighted by molar-refractivity contribution is 5.86. The second-order valence-electron chi connectivity index (χ2n) is 4.99. The van der Waals surface area contributed by atoms with Gasteiger partial charge in [0.1, 0.15) is 0 Å². The highest BCUT2D eigenvalue weighted by Gasteiger charge is 2.30. The lowest BCUT2D eigenvalue weighted by atomic mass is 10.1. The van der Waals surface area contributed by atoms with Gasteiger partial charge in [-0.2, -0.15) is 0 Å². The third kappa shape index (κ3) is 2.60. The first-order chi connectivity index (χ1) is 8.09. The van der Waals surface area contributed by atoms with Gasteiger partial charge in [-0.15, -0.1) is 0 Å². The van der Waals surface area contributed by atoms with E-state index in [-0.39, 0.29) is 24.4 Å². The molecule has 0 radical (unpaired) electrons. The van der Waals surface area contributed by atoms with E-state index in [0.717, 1.165) is 26.1 Å². The van der Waals surface area contributed by atoms with Crippen molar-refractivity contribution in [2.24, 2.45) is 0 Å². The lowest BCUT2D eigenvalue weighted by Gasteiger charge is -2.39. The van der Waals surface area contributed by atoms with Gasteiger partial charge in [0, 0.05) is 38.1 Å². The molecule has 0 aromatic carbocycles. The van der Waals surface area contributed by atoms with Crippen molar-refractivity contribution in [3.8, 4) is 0 Å². The molecule has 1 N–H and O–H groups in total. The summed E-state index contributed by atoms with van der Waals surface area (Å²) < 4.78 is 0. The molecule has 2 rings (SSSR count). The fourth-order valence-corrected chi connectivity index (χ4v) is 2.53. The fraction of sp³-hybridized carbons (Fsp3) is 0.833. The number of amides is 2. The van der Waals surface area contributed by atoms with E-state index in [9.17, 15) is 9.59 Å². The first-order valence-electron chi connectivity index (χ1n) is 6.40. The quantitative estimate of drug-likeness (QED) is 0.727. The van der Waals surface area contributed by atoms with E-state index in [1.165, 1.54) is 0 Å². The maximum absolute atomic E-state index is 12.2. The molecule has 2 heterocycles. The van der Waals surface area contributed by atoms with E-state index < -0.39 is 0 Å². The highest BCUT2D eigenvalue weighted by atomic mass is 16.2. The maximum atomic E-state index is 12.2. The van der Waals surface area contributed by atoms with Crippen LogP contribution in [0.5, 0.6) is 0 Å². The number of likely N-dealkylation sites (tertiary alicyclic amines) is 1. The number of hydrogen-bond donors (Lipinski definition) is 1. The van der Waals surface area contributed by atoms with Crippen LogP contribution in [0.3, 0.4) is 0 Å². The predicted molar refractivity (Wildman–Crippen MR) is 64.5 cm³/mol. The lowest BCUT2D eigenvalue weighted by Crippen LogP contribution is -2.58. The Bertz CT molecular complexity index is 319. The van der Waals surface area contributed by atoms with E-state index in [4.69, 9.17) is 0 Å². The smallest absolute Gasteiger partial charge is 0.242 e. The molecule has 0 aliphatic carbocycles. The molecule has 2 amide bonds. The van der Waals surface area contributed by atoms with Crippen LogP contribution in [0.25, 0.3) is 0 Å². The Morgan fingerprint density at radius 3 is 2.82 bits per heavy atom. The molecule has 2 aliphatic heterocycles. The first kappa shape index (κ1) is 12.4. The summed E-state index contributed by atoms with van der Waals surface area (Å²) in [6.07, 6.45) is 1.49. The normalized spacial score (nSPS) is 29.9. The average molecular weight is 239 g/mol. The first-order valence-corrected chi connectivity index (χ1v) is 6.40. The van der Waals surface area contributed by atoms with Crippen molar-refractivity contribution >= 4 is 11.8 Å². The zero-order chi connectivity index (χ0) is 12.4. The van der Waals surface area contributed by atoms with Crippen molar-refractivity contribution in [3.63, 3.8) is 0 Å². The largest absolute Gasteiger partial charge is 0.336 e. The number of rotatable bonds is 2. The van der Waals surface area contributed by atoms with Gasteiger partial charge in [-0.05, 0) is 20.3 Å². The summed E-state index contributed by atoms with van der Waals surface area (Å²) in [6.45, 7) is 6.72. The van der Waals surface area contributed by atoms with Gasteiger partial charge in [-0.1, -0.05) is 0 Å². The van der Waals surface area contributed by atoms with E-state index in [0.29, 0.717) is 12.5 Å². The van der Waals surface area contributed by atoms with Crippen LogP contribution in [0.1, 0.15) is 26.7 Å². The van der Waals surface area contributed by atoms with E-state index in [1.54, 1.807) is 4.90 Å². The number of carbonyl (C=O) groups excluding carboxylic acids is 2. The van der Waals surface area contributed by atoms with Crippen LogP contribution in [0.2, 0.25) is 0 Å². The van der Waals surface area contributed by atoms with E-state index >= 15 is 0 Å². The van der Waals surface area contributed by atoms with Crippen molar-refractivity contribution in [2.45, 2.75) is 38.8 Å². The summed E-state index contributed by atoms with van der Waals surface area (Å²) in [4.78, 5) is 27.2. The summed E-state index contributed by atoms with van der Waals surface area (Å²) in [6, 6.07) is 0.524. The molecule has 2 fully saturated rings. The molecule has 2 aliphatic rings. The summed E-state index contributed by atoms with van der Waals surface area (Å²) in [5, 5.41) is 3.34. The van der Waals surface area contributed by atoms with Gasteiger partial charge < -0.3 is 15.1 Å². The van der Waals surface area contributed by atoms with Crippen LogP contribution < -0.4 is 5.32 Å². The number of carbonyl (C=O) groups is 2. The third-order valence-corrected chi connectivity index (χ3v) is 3.85. The maximum Gasteiger partial charge on any atom is 0.242 e. The van der Waals surface area contributed by atoms with Crippen molar-refractivity contribution < 1.29 is 9.59 Å². The van der Waals surface area contributed by atoms with Gasteiger partial charge in [-0.25, -0.2) is 0 Å². The van der Waals surface area contributed by atoms with Crippen LogP contribution >= 0.6 is 0 Å².